The highest BCUT2D eigenvalue weighted by Gasteiger charge is 2.37. The van der Waals surface area contributed by atoms with Crippen molar-refractivity contribution < 1.29 is 33.7 Å². The molecular weight excluding hydrogens is 652 g/mol. The summed E-state index contributed by atoms with van der Waals surface area (Å²) in [4.78, 5) is 48.6. The van der Waals surface area contributed by atoms with Gasteiger partial charge in [-0.3, -0.25) is 24.4 Å². The Bertz CT molecular complexity index is 1850. The molecule has 0 unspecified atom stereocenters. The molecule has 268 valence electrons. The zero-order chi connectivity index (χ0) is 36.9. The van der Waals surface area contributed by atoms with Gasteiger partial charge in [0.05, 0.1) is 40.6 Å². The summed E-state index contributed by atoms with van der Waals surface area (Å²) in [6.45, 7) is 8.21. The molecule has 2 saturated heterocycles. The summed E-state index contributed by atoms with van der Waals surface area (Å²) < 4.78 is 16.2. The maximum atomic E-state index is 12.5. The molecule has 0 radical (unpaired) electrons. The maximum Gasteiger partial charge on any atom is 0.303 e. The normalized spacial score (nSPS) is 19.3. The number of aliphatic hydroxyl groups excluding tert-OH is 1. The van der Waals surface area contributed by atoms with E-state index in [0.29, 0.717) is 49.0 Å². The Labute approximate surface area is 298 Å². The molecule has 0 amide bonds. The van der Waals surface area contributed by atoms with E-state index in [0.717, 1.165) is 47.9 Å². The average Bonchev–Trinajstić information content (AvgIpc) is 3.14. The van der Waals surface area contributed by atoms with Crippen LogP contribution in [0.5, 0.6) is 0 Å². The lowest BCUT2D eigenvalue weighted by atomic mass is 9.86. The number of hydrogen-bond donors (Lipinski definition) is 1. The van der Waals surface area contributed by atoms with Gasteiger partial charge in [-0.2, -0.15) is 10.5 Å². The third kappa shape index (κ3) is 8.02. The molecule has 0 bridgehead atoms. The number of aromatic nitrogens is 2. The van der Waals surface area contributed by atoms with Gasteiger partial charge in [-0.05, 0) is 62.8 Å². The summed E-state index contributed by atoms with van der Waals surface area (Å²) >= 11 is 0. The molecule has 4 heterocycles. The number of aliphatic hydroxyl groups is 1. The predicted molar refractivity (Wildman–Crippen MR) is 185 cm³/mol. The molecule has 6 rings (SSSR count). The number of rotatable bonds is 7. The Morgan fingerprint density at radius 1 is 0.804 bits per heavy atom. The van der Waals surface area contributed by atoms with Crippen molar-refractivity contribution in [1.29, 1.82) is 10.5 Å². The van der Waals surface area contributed by atoms with Gasteiger partial charge < -0.3 is 29.1 Å². The van der Waals surface area contributed by atoms with E-state index in [2.05, 4.69) is 45.8 Å². The van der Waals surface area contributed by atoms with E-state index in [4.69, 9.17) is 14.2 Å². The lowest BCUT2D eigenvalue weighted by Crippen LogP contribution is -2.43. The molecule has 0 saturated carbocycles. The molecule has 2 fully saturated rings. The summed E-state index contributed by atoms with van der Waals surface area (Å²) in [6, 6.07) is 7.80. The van der Waals surface area contributed by atoms with Crippen molar-refractivity contribution in [2.24, 2.45) is 0 Å². The van der Waals surface area contributed by atoms with E-state index < -0.39 is 0 Å². The number of hydrogen-bond acceptors (Lipinski definition) is 13. The van der Waals surface area contributed by atoms with E-state index in [1.165, 1.54) is 6.92 Å². The fourth-order valence-electron chi connectivity index (χ4n) is 6.88. The molecule has 0 atom stereocenters. The number of fused-ring (bicyclic) bond motifs is 2. The third-order valence-corrected chi connectivity index (χ3v) is 10.4. The van der Waals surface area contributed by atoms with Crippen molar-refractivity contribution in [1.82, 2.24) is 19.8 Å². The van der Waals surface area contributed by atoms with Crippen molar-refractivity contribution >= 4 is 28.9 Å². The van der Waals surface area contributed by atoms with Gasteiger partial charge in [0.1, 0.15) is 29.9 Å². The maximum absolute atomic E-state index is 12.5. The molecule has 0 aromatic carbocycles. The van der Waals surface area contributed by atoms with E-state index in [1.54, 1.807) is 32.7 Å². The van der Waals surface area contributed by atoms with Crippen LogP contribution in [-0.4, -0.2) is 94.0 Å². The number of allylic oxidation sites excluding steroid dienone is 2. The van der Waals surface area contributed by atoms with Gasteiger partial charge in [0.25, 0.3) is 0 Å². The fourth-order valence-corrected chi connectivity index (χ4v) is 6.88. The van der Waals surface area contributed by atoms with E-state index in [-0.39, 0.29) is 65.9 Å². The van der Waals surface area contributed by atoms with Crippen molar-refractivity contribution in [2.45, 2.75) is 83.7 Å². The highest BCUT2D eigenvalue weighted by atomic mass is 16.5. The zero-order valence-corrected chi connectivity index (χ0v) is 29.9. The second-order valence-electron chi connectivity index (χ2n) is 13.8. The summed E-state index contributed by atoms with van der Waals surface area (Å²) in [5.41, 5.74) is 5.77. The van der Waals surface area contributed by atoms with Gasteiger partial charge in [-0.15, -0.1) is 0 Å². The van der Waals surface area contributed by atoms with Crippen LogP contribution in [0.1, 0.15) is 80.1 Å². The number of nitrogens with zero attached hydrogens (tertiary/aromatic N) is 6. The highest BCUT2D eigenvalue weighted by molar-refractivity contribution is 6.10. The standard InChI is InChI=1S/C20H23N3O4.C18H21N3O3/c1-13(24)27-12-15-9-16-14(11-22-15)8-18(25)17(10-21)19(16)23-6-4-20(2,26-3)5-7-23;1-18(24-2)3-5-21(6-4-18)17-14-8-13(11-22)20-10-12(14)7-16(23)15(17)9-19/h9,11H,4-8,12H2,1-3H3;8,10,22H,3-7,11H2,1-2H3. The van der Waals surface area contributed by atoms with Crippen molar-refractivity contribution in [3.8, 4) is 12.1 Å². The largest absolute Gasteiger partial charge is 0.459 e. The number of carbonyl (C=O) groups excluding carboxylic acids is 3. The minimum Gasteiger partial charge on any atom is -0.459 e. The minimum absolute atomic E-state index is 0.0630. The number of Topliss-reactive ketones (excluding diaryl/α,β-unsaturated/α-hetero) is 2. The second-order valence-corrected chi connectivity index (χ2v) is 13.8. The number of nitriles is 2. The van der Waals surface area contributed by atoms with Crippen LogP contribution in [0, 0.1) is 22.7 Å². The molecule has 51 heavy (non-hydrogen) atoms. The first-order valence-corrected chi connectivity index (χ1v) is 17.0. The summed E-state index contributed by atoms with van der Waals surface area (Å²) in [7, 11) is 3.43. The zero-order valence-electron chi connectivity index (χ0n) is 29.9. The van der Waals surface area contributed by atoms with Crippen LogP contribution in [0.2, 0.25) is 0 Å². The lowest BCUT2D eigenvalue weighted by Gasteiger charge is -2.41. The molecule has 2 aliphatic carbocycles. The van der Waals surface area contributed by atoms with Crippen molar-refractivity contribution in [2.75, 3.05) is 40.4 Å². The van der Waals surface area contributed by atoms with Crippen LogP contribution in [0.4, 0.5) is 0 Å². The summed E-state index contributed by atoms with van der Waals surface area (Å²) in [5, 5.41) is 28.5. The number of ketones is 2. The van der Waals surface area contributed by atoms with Gasteiger partial charge in [-0.1, -0.05) is 0 Å². The predicted octanol–water partition coefficient (Wildman–Crippen LogP) is 3.44. The Morgan fingerprint density at radius 2 is 1.22 bits per heavy atom. The van der Waals surface area contributed by atoms with Gasteiger partial charge in [0.15, 0.2) is 11.6 Å². The topological polar surface area (TPSA) is 179 Å². The number of likely N-dealkylation sites (tertiary alicyclic amines) is 2. The first-order valence-electron chi connectivity index (χ1n) is 17.0. The molecule has 1 N–H and O–H groups in total. The van der Waals surface area contributed by atoms with E-state index >= 15 is 0 Å². The SMILES string of the molecule is COC1(C)CCN(C2=C(C#N)C(=O)Cc3cnc(CO)cc32)CC1.COC1(C)CCN(C2=C(C#N)C(=O)Cc3cnc(COC(C)=O)cc32)CC1. The smallest absolute Gasteiger partial charge is 0.303 e. The molecule has 13 nitrogen and oxygen atoms in total. The molecule has 2 aromatic heterocycles. The van der Waals surface area contributed by atoms with Crippen LogP contribution in [0.15, 0.2) is 35.7 Å². The van der Waals surface area contributed by atoms with Crippen LogP contribution in [-0.2, 0) is 54.6 Å². The first kappa shape index (κ1) is 37.3. The van der Waals surface area contributed by atoms with Crippen LogP contribution in [0.25, 0.3) is 11.4 Å². The van der Waals surface area contributed by atoms with Crippen LogP contribution in [0.3, 0.4) is 0 Å². The number of methoxy groups -OCH3 is 2. The Morgan fingerprint density at radius 3 is 1.59 bits per heavy atom. The number of piperidine rings is 2. The number of pyridine rings is 2. The van der Waals surface area contributed by atoms with Crippen molar-refractivity contribution in [3.63, 3.8) is 0 Å². The Hall–Kier alpha value is -4.95. The number of carbonyl (C=O) groups is 3. The van der Waals surface area contributed by atoms with Gasteiger partial charge >= 0.3 is 5.97 Å². The van der Waals surface area contributed by atoms with E-state index in [9.17, 15) is 30.0 Å². The molecule has 2 aromatic rings. The quantitative estimate of drug-likeness (QED) is 0.417. The van der Waals surface area contributed by atoms with Gasteiger partial charge in [0.2, 0.25) is 0 Å². The Kier molecular flexibility index (Phi) is 11.4. The molecular formula is C38H44N6O7. The average molecular weight is 697 g/mol. The van der Waals surface area contributed by atoms with Crippen LogP contribution < -0.4 is 0 Å². The molecule has 0 spiro atoms. The molecule has 2 aliphatic heterocycles. The second kappa shape index (κ2) is 15.5. The summed E-state index contributed by atoms with van der Waals surface area (Å²) in [5.74, 6) is -0.735. The number of esters is 1. The van der Waals surface area contributed by atoms with Crippen LogP contribution >= 0.6 is 0 Å². The highest BCUT2D eigenvalue weighted by Crippen LogP contribution is 2.38. The van der Waals surface area contributed by atoms with Crippen molar-refractivity contribution in [3.05, 3.63) is 69.3 Å². The first-order chi connectivity index (χ1) is 24.4. The van der Waals surface area contributed by atoms with Gasteiger partial charge in [0, 0.05) is 83.7 Å². The monoisotopic (exact) mass is 696 g/mol. The Balaban J connectivity index is 0.000000199. The summed E-state index contributed by atoms with van der Waals surface area (Å²) in [6.07, 6.45) is 6.89. The van der Waals surface area contributed by atoms with Gasteiger partial charge in [-0.25, -0.2) is 0 Å². The number of ether oxygens (including phenoxy) is 3. The molecule has 13 heteroatoms. The van der Waals surface area contributed by atoms with E-state index in [1.807, 2.05) is 6.07 Å². The lowest BCUT2D eigenvalue weighted by molar-refractivity contribution is -0.142. The third-order valence-electron chi connectivity index (χ3n) is 10.4. The molecule has 4 aliphatic rings. The fraction of sp³-hybridized carbons (Fsp3) is 0.500. The minimum atomic E-state index is -0.381.